The molecular weight excluding hydrogens is 228 g/mol. The number of nitrogens with zero attached hydrogens (tertiary/aromatic N) is 1. The van der Waals surface area contributed by atoms with E-state index >= 15 is 0 Å². The van der Waals surface area contributed by atoms with Gasteiger partial charge in [0.1, 0.15) is 5.75 Å². The lowest BCUT2D eigenvalue weighted by atomic mass is 10.1. The van der Waals surface area contributed by atoms with E-state index in [-0.39, 0.29) is 18.2 Å². The van der Waals surface area contributed by atoms with E-state index in [1.807, 2.05) is 47.0 Å². The molecule has 1 aromatic rings. The Labute approximate surface area is 110 Å². The van der Waals surface area contributed by atoms with Crippen molar-refractivity contribution < 1.29 is 9.47 Å². The highest BCUT2D eigenvalue weighted by atomic mass is 16.5. The van der Waals surface area contributed by atoms with Crippen LogP contribution in [-0.4, -0.2) is 30.8 Å². The van der Waals surface area contributed by atoms with E-state index in [0.717, 1.165) is 11.3 Å². The Morgan fingerprint density at radius 3 is 2.44 bits per heavy atom. The van der Waals surface area contributed by atoms with Crippen LogP contribution in [-0.2, 0) is 4.74 Å². The van der Waals surface area contributed by atoms with E-state index in [1.165, 1.54) is 0 Å². The fraction of sp³-hybridized carbons (Fsp3) is 0.643. The van der Waals surface area contributed by atoms with Crippen molar-refractivity contribution in [2.75, 3.05) is 13.7 Å². The van der Waals surface area contributed by atoms with Crippen molar-refractivity contribution in [1.82, 2.24) is 10.3 Å². The van der Waals surface area contributed by atoms with Gasteiger partial charge in [-0.1, -0.05) is 0 Å². The summed E-state index contributed by atoms with van der Waals surface area (Å²) in [5.74, 6) is 0.798. The second kappa shape index (κ2) is 7.34. The van der Waals surface area contributed by atoms with E-state index in [0.29, 0.717) is 6.61 Å². The van der Waals surface area contributed by atoms with Crippen LogP contribution in [0.4, 0.5) is 0 Å². The lowest BCUT2D eigenvalue weighted by Crippen LogP contribution is -2.23. The minimum absolute atomic E-state index is 0.135. The molecule has 0 aliphatic heterocycles. The molecule has 4 heteroatoms. The molecule has 0 aromatic carbocycles. The van der Waals surface area contributed by atoms with Crippen molar-refractivity contribution in [3.63, 3.8) is 0 Å². The number of hydrogen-bond acceptors (Lipinski definition) is 4. The molecule has 18 heavy (non-hydrogen) atoms. The fourth-order valence-electron chi connectivity index (χ4n) is 1.60. The van der Waals surface area contributed by atoms with Crippen molar-refractivity contribution in [1.29, 1.82) is 0 Å². The summed E-state index contributed by atoms with van der Waals surface area (Å²) in [6.07, 6.45) is 3.96. The van der Waals surface area contributed by atoms with Crippen LogP contribution in [0.25, 0.3) is 0 Å². The predicted molar refractivity (Wildman–Crippen MR) is 72.9 cm³/mol. The number of likely N-dealkylation sites (N-methyl/N-ethyl adjacent to an activating group) is 1. The van der Waals surface area contributed by atoms with E-state index in [4.69, 9.17) is 9.47 Å². The molecule has 1 atom stereocenters. The highest BCUT2D eigenvalue weighted by Crippen LogP contribution is 2.19. The summed E-state index contributed by atoms with van der Waals surface area (Å²) in [6, 6.07) is 2.15. The van der Waals surface area contributed by atoms with Gasteiger partial charge in [-0.15, -0.1) is 0 Å². The molecule has 1 heterocycles. The van der Waals surface area contributed by atoms with Gasteiger partial charge >= 0.3 is 0 Å². The van der Waals surface area contributed by atoms with Crippen LogP contribution in [0.3, 0.4) is 0 Å². The first kappa shape index (κ1) is 14.9. The molecule has 1 rings (SSSR count). The summed E-state index contributed by atoms with van der Waals surface area (Å²) < 4.78 is 11.3. The third-order valence-electron chi connectivity index (χ3n) is 2.45. The molecule has 0 radical (unpaired) electrons. The molecule has 0 aliphatic carbocycles. The van der Waals surface area contributed by atoms with Gasteiger partial charge < -0.3 is 14.8 Å². The van der Waals surface area contributed by atoms with Gasteiger partial charge in [0.25, 0.3) is 0 Å². The first-order valence-electron chi connectivity index (χ1n) is 6.43. The monoisotopic (exact) mass is 252 g/mol. The SMILES string of the molecule is CNC(COC(C)C)c1cncc(OC(C)C)c1. The Hall–Kier alpha value is -1.13. The molecule has 102 valence electrons. The van der Waals surface area contributed by atoms with E-state index in [2.05, 4.69) is 10.3 Å². The summed E-state index contributed by atoms with van der Waals surface area (Å²) in [5, 5.41) is 3.23. The van der Waals surface area contributed by atoms with Crippen LogP contribution < -0.4 is 10.1 Å². The topological polar surface area (TPSA) is 43.4 Å². The molecule has 0 aliphatic rings. The lowest BCUT2D eigenvalue weighted by molar-refractivity contribution is 0.0625. The molecule has 0 saturated carbocycles. The molecule has 0 amide bonds. The normalized spacial score (nSPS) is 13.1. The minimum Gasteiger partial charge on any atom is -0.489 e. The van der Waals surface area contributed by atoms with Gasteiger partial charge in [-0.05, 0) is 46.4 Å². The zero-order valence-electron chi connectivity index (χ0n) is 11.9. The van der Waals surface area contributed by atoms with Gasteiger partial charge in [0.15, 0.2) is 0 Å². The van der Waals surface area contributed by atoms with Crippen molar-refractivity contribution in [2.45, 2.75) is 45.9 Å². The molecule has 0 saturated heterocycles. The molecule has 1 aromatic heterocycles. The first-order valence-corrected chi connectivity index (χ1v) is 6.43. The summed E-state index contributed by atoms with van der Waals surface area (Å²) in [7, 11) is 1.92. The predicted octanol–water partition coefficient (Wildman–Crippen LogP) is 2.55. The Morgan fingerprint density at radius 1 is 1.17 bits per heavy atom. The first-order chi connectivity index (χ1) is 8.52. The molecule has 0 spiro atoms. The van der Waals surface area contributed by atoms with E-state index < -0.39 is 0 Å². The van der Waals surface area contributed by atoms with Crippen LogP contribution in [0.2, 0.25) is 0 Å². The maximum atomic E-state index is 5.64. The molecule has 0 fully saturated rings. The Bertz CT molecular complexity index is 353. The maximum absolute atomic E-state index is 5.64. The fourth-order valence-corrected chi connectivity index (χ4v) is 1.60. The summed E-state index contributed by atoms with van der Waals surface area (Å²) >= 11 is 0. The van der Waals surface area contributed by atoms with Gasteiger partial charge in [-0.25, -0.2) is 0 Å². The molecule has 0 bridgehead atoms. The van der Waals surface area contributed by atoms with Crippen LogP contribution in [0.15, 0.2) is 18.5 Å². The van der Waals surface area contributed by atoms with Crippen LogP contribution in [0.1, 0.15) is 39.3 Å². The lowest BCUT2D eigenvalue weighted by Gasteiger charge is -2.19. The zero-order valence-corrected chi connectivity index (χ0v) is 11.9. The average Bonchev–Trinajstić information content (AvgIpc) is 2.29. The van der Waals surface area contributed by atoms with Crippen molar-refractivity contribution >= 4 is 0 Å². The highest BCUT2D eigenvalue weighted by molar-refractivity contribution is 5.26. The van der Waals surface area contributed by atoms with Gasteiger partial charge in [-0.2, -0.15) is 0 Å². The smallest absolute Gasteiger partial charge is 0.138 e. The minimum atomic E-state index is 0.135. The van der Waals surface area contributed by atoms with Crippen LogP contribution >= 0.6 is 0 Å². The van der Waals surface area contributed by atoms with Crippen molar-refractivity contribution in [3.05, 3.63) is 24.0 Å². The molecule has 4 nitrogen and oxygen atoms in total. The second-order valence-corrected chi connectivity index (χ2v) is 4.84. The summed E-state index contributed by atoms with van der Waals surface area (Å²) in [4.78, 5) is 4.21. The molecule has 1 unspecified atom stereocenters. The largest absolute Gasteiger partial charge is 0.489 e. The van der Waals surface area contributed by atoms with Gasteiger partial charge in [0.2, 0.25) is 0 Å². The second-order valence-electron chi connectivity index (χ2n) is 4.84. The number of hydrogen-bond donors (Lipinski definition) is 1. The number of ether oxygens (including phenoxy) is 2. The molecular formula is C14H24N2O2. The number of pyridine rings is 1. The highest BCUT2D eigenvalue weighted by Gasteiger charge is 2.12. The number of rotatable bonds is 7. The van der Waals surface area contributed by atoms with Crippen molar-refractivity contribution in [2.24, 2.45) is 0 Å². The Kier molecular flexibility index (Phi) is 6.09. The third-order valence-corrected chi connectivity index (χ3v) is 2.45. The third kappa shape index (κ3) is 5.02. The Morgan fingerprint density at radius 2 is 1.89 bits per heavy atom. The zero-order chi connectivity index (χ0) is 13.5. The van der Waals surface area contributed by atoms with E-state index in [9.17, 15) is 0 Å². The number of aromatic nitrogens is 1. The quantitative estimate of drug-likeness (QED) is 0.810. The average molecular weight is 252 g/mol. The van der Waals surface area contributed by atoms with Gasteiger partial charge in [0.05, 0.1) is 31.1 Å². The maximum Gasteiger partial charge on any atom is 0.138 e. The summed E-state index contributed by atoms with van der Waals surface area (Å²) in [6.45, 7) is 8.70. The van der Waals surface area contributed by atoms with E-state index in [1.54, 1.807) is 6.20 Å². The molecule has 1 N–H and O–H groups in total. The van der Waals surface area contributed by atoms with Crippen molar-refractivity contribution in [3.8, 4) is 5.75 Å². The summed E-state index contributed by atoms with van der Waals surface area (Å²) in [5.41, 5.74) is 1.08. The van der Waals surface area contributed by atoms with Gasteiger partial charge in [-0.3, -0.25) is 4.98 Å². The van der Waals surface area contributed by atoms with Crippen LogP contribution in [0, 0.1) is 0 Å². The Balaban J connectivity index is 2.72. The van der Waals surface area contributed by atoms with Crippen LogP contribution in [0.5, 0.6) is 5.75 Å². The van der Waals surface area contributed by atoms with Gasteiger partial charge in [0, 0.05) is 6.20 Å². The standard InChI is InChI=1S/C14H24N2O2/c1-10(2)17-9-14(15-5)12-6-13(8-16-7-12)18-11(3)4/h6-8,10-11,14-15H,9H2,1-5H3. The number of nitrogens with one attached hydrogen (secondary N) is 1.